The fourth-order valence-corrected chi connectivity index (χ4v) is 2.88. The van der Waals surface area contributed by atoms with E-state index in [0.29, 0.717) is 11.0 Å². The Labute approximate surface area is 141 Å². The summed E-state index contributed by atoms with van der Waals surface area (Å²) in [6, 6.07) is 14.1. The van der Waals surface area contributed by atoms with Crippen LogP contribution in [0.4, 0.5) is 5.69 Å². The van der Waals surface area contributed by atoms with Crippen LogP contribution in [-0.2, 0) is 6.42 Å². The SMILES string of the molecule is CCc1cccc(N(C)C(N)=NSc2cc(C)ccc2Cl)c1. The first-order chi connectivity index (χ1) is 10.5. The van der Waals surface area contributed by atoms with E-state index in [4.69, 9.17) is 17.3 Å². The number of hydrogen-bond acceptors (Lipinski definition) is 2. The molecule has 0 unspecified atom stereocenters. The topological polar surface area (TPSA) is 41.6 Å². The Morgan fingerprint density at radius 1 is 1.27 bits per heavy atom. The second kappa shape index (κ2) is 7.56. The molecule has 0 aromatic heterocycles. The average Bonchev–Trinajstić information content (AvgIpc) is 2.54. The molecule has 0 bridgehead atoms. The van der Waals surface area contributed by atoms with Gasteiger partial charge in [-0.25, -0.2) is 0 Å². The van der Waals surface area contributed by atoms with Crippen LogP contribution in [0.1, 0.15) is 18.1 Å². The van der Waals surface area contributed by atoms with Crippen molar-refractivity contribution in [2.75, 3.05) is 11.9 Å². The number of rotatable bonds is 4. The second-order valence-electron chi connectivity index (χ2n) is 5.06. The van der Waals surface area contributed by atoms with E-state index in [9.17, 15) is 0 Å². The highest BCUT2D eigenvalue weighted by atomic mass is 35.5. The fraction of sp³-hybridized carbons (Fsp3) is 0.235. The fourth-order valence-electron chi connectivity index (χ4n) is 1.95. The van der Waals surface area contributed by atoms with Crippen LogP contribution in [0.25, 0.3) is 0 Å². The number of benzene rings is 2. The largest absolute Gasteiger partial charge is 0.369 e. The van der Waals surface area contributed by atoms with E-state index in [0.717, 1.165) is 22.6 Å². The standard InChI is InChI=1S/C17H20ClN3S/c1-4-13-6-5-7-14(11-13)21(3)17(19)20-22-16-10-12(2)8-9-15(16)18/h5-11H,4H2,1-3H3,(H2,19,20). The van der Waals surface area contributed by atoms with Crippen LogP contribution in [0, 0.1) is 6.92 Å². The highest BCUT2D eigenvalue weighted by Gasteiger charge is 2.07. The quantitative estimate of drug-likeness (QED) is 0.502. The van der Waals surface area contributed by atoms with Gasteiger partial charge < -0.3 is 10.6 Å². The van der Waals surface area contributed by atoms with Gasteiger partial charge in [-0.05, 0) is 48.7 Å². The second-order valence-corrected chi connectivity index (χ2v) is 6.27. The van der Waals surface area contributed by atoms with Crippen molar-refractivity contribution in [2.24, 2.45) is 10.1 Å². The predicted octanol–water partition coefficient (Wildman–Crippen LogP) is 4.67. The predicted molar refractivity (Wildman–Crippen MR) is 97.9 cm³/mol. The number of aryl methyl sites for hydroxylation is 2. The summed E-state index contributed by atoms with van der Waals surface area (Å²) in [6.07, 6.45) is 0.992. The maximum Gasteiger partial charge on any atom is 0.207 e. The molecule has 0 heterocycles. The average molecular weight is 334 g/mol. The number of nitrogens with zero attached hydrogens (tertiary/aromatic N) is 2. The molecule has 2 rings (SSSR count). The summed E-state index contributed by atoms with van der Waals surface area (Å²) in [5.74, 6) is 0.441. The van der Waals surface area contributed by atoms with E-state index in [1.807, 2.05) is 49.2 Å². The van der Waals surface area contributed by atoms with E-state index < -0.39 is 0 Å². The molecule has 0 aliphatic carbocycles. The van der Waals surface area contributed by atoms with Gasteiger partial charge >= 0.3 is 0 Å². The molecule has 2 aromatic rings. The van der Waals surface area contributed by atoms with Crippen LogP contribution in [0.2, 0.25) is 5.02 Å². The number of halogens is 1. The minimum absolute atomic E-state index is 0.441. The zero-order valence-corrected chi connectivity index (χ0v) is 14.6. The van der Waals surface area contributed by atoms with Crippen LogP contribution in [-0.4, -0.2) is 13.0 Å². The lowest BCUT2D eigenvalue weighted by atomic mass is 10.1. The van der Waals surface area contributed by atoms with Crippen molar-refractivity contribution < 1.29 is 0 Å². The molecule has 0 aliphatic rings. The van der Waals surface area contributed by atoms with Gasteiger partial charge in [0, 0.05) is 29.6 Å². The molecule has 2 aromatic carbocycles. The summed E-state index contributed by atoms with van der Waals surface area (Å²) in [5, 5.41) is 0.683. The van der Waals surface area contributed by atoms with Gasteiger partial charge in [0.1, 0.15) is 0 Å². The third kappa shape index (κ3) is 4.18. The van der Waals surface area contributed by atoms with Gasteiger partial charge in [0.05, 0.1) is 5.02 Å². The van der Waals surface area contributed by atoms with Gasteiger partial charge in [0.15, 0.2) is 0 Å². The first-order valence-electron chi connectivity index (χ1n) is 7.10. The van der Waals surface area contributed by atoms with E-state index in [-0.39, 0.29) is 0 Å². The molecule has 22 heavy (non-hydrogen) atoms. The molecule has 0 radical (unpaired) electrons. The smallest absolute Gasteiger partial charge is 0.207 e. The normalized spacial score (nSPS) is 11.5. The van der Waals surface area contributed by atoms with Crippen LogP contribution >= 0.6 is 23.5 Å². The molecule has 5 heteroatoms. The highest BCUT2D eigenvalue weighted by molar-refractivity contribution is 7.98. The van der Waals surface area contributed by atoms with Crippen molar-refractivity contribution in [2.45, 2.75) is 25.2 Å². The first-order valence-corrected chi connectivity index (χ1v) is 8.25. The molecule has 2 N–H and O–H groups in total. The van der Waals surface area contributed by atoms with Crippen molar-refractivity contribution in [3.63, 3.8) is 0 Å². The van der Waals surface area contributed by atoms with Gasteiger partial charge in [-0.1, -0.05) is 36.7 Å². The third-order valence-corrected chi connectivity index (χ3v) is 4.63. The molecule has 0 amide bonds. The van der Waals surface area contributed by atoms with E-state index in [1.165, 1.54) is 17.5 Å². The van der Waals surface area contributed by atoms with Crippen molar-refractivity contribution >= 4 is 35.2 Å². The van der Waals surface area contributed by atoms with Crippen molar-refractivity contribution in [1.29, 1.82) is 0 Å². The first kappa shape index (κ1) is 16.7. The highest BCUT2D eigenvalue weighted by Crippen LogP contribution is 2.29. The Kier molecular flexibility index (Phi) is 5.75. The monoisotopic (exact) mass is 333 g/mol. The summed E-state index contributed by atoms with van der Waals surface area (Å²) in [7, 11) is 1.91. The number of hydrogen-bond donors (Lipinski definition) is 1. The lowest BCUT2D eigenvalue weighted by Gasteiger charge is -2.18. The van der Waals surface area contributed by atoms with Crippen molar-refractivity contribution in [3.8, 4) is 0 Å². The molecule has 0 saturated heterocycles. The van der Waals surface area contributed by atoms with Crippen LogP contribution in [0.15, 0.2) is 51.8 Å². The molecule has 0 atom stereocenters. The van der Waals surface area contributed by atoms with E-state index in [1.54, 1.807) is 0 Å². The zero-order valence-electron chi connectivity index (χ0n) is 13.0. The van der Waals surface area contributed by atoms with Crippen LogP contribution < -0.4 is 10.6 Å². The van der Waals surface area contributed by atoms with Gasteiger partial charge in [-0.15, -0.1) is 0 Å². The lowest BCUT2D eigenvalue weighted by Crippen LogP contribution is -2.33. The Morgan fingerprint density at radius 3 is 2.77 bits per heavy atom. The minimum Gasteiger partial charge on any atom is -0.369 e. The maximum absolute atomic E-state index is 6.17. The molecule has 3 nitrogen and oxygen atoms in total. The Balaban J connectivity index is 2.15. The minimum atomic E-state index is 0.441. The third-order valence-electron chi connectivity index (χ3n) is 3.37. The lowest BCUT2D eigenvalue weighted by molar-refractivity contribution is 1.13. The van der Waals surface area contributed by atoms with Crippen LogP contribution in [0.3, 0.4) is 0 Å². The van der Waals surface area contributed by atoms with Crippen molar-refractivity contribution in [3.05, 3.63) is 58.6 Å². The Morgan fingerprint density at radius 2 is 2.05 bits per heavy atom. The van der Waals surface area contributed by atoms with Gasteiger partial charge in [-0.2, -0.15) is 4.40 Å². The molecule has 116 valence electrons. The van der Waals surface area contributed by atoms with Crippen LogP contribution in [0.5, 0.6) is 0 Å². The maximum atomic E-state index is 6.17. The Hall–Kier alpha value is -1.65. The van der Waals surface area contributed by atoms with Gasteiger partial charge in [0.25, 0.3) is 0 Å². The molecular formula is C17H20ClN3S. The molecule has 0 fully saturated rings. The van der Waals surface area contributed by atoms with E-state index >= 15 is 0 Å². The van der Waals surface area contributed by atoms with Crippen molar-refractivity contribution in [1.82, 2.24) is 0 Å². The number of guanidine groups is 1. The Bertz CT molecular complexity index is 685. The summed E-state index contributed by atoms with van der Waals surface area (Å²) < 4.78 is 4.38. The summed E-state index contributed by atoms with van der Waals surface area (Å²) in [5.41, 5.74) is 9.53. The summed E-state index contributed by atoms with van der Waals surface area (Å²) in [6.45, 7) is 4.15. The zero-order chi connectivity index (χ0) is 16.1. The number of nitrogens with two attached hydrogens (primary N) is 1. The molecular weight excluding hydrogens is 314 g/mol. The van der Waals surface area contributed by atoms with E-state index in [2.05, 4.69) is 23.5 Å². The molecule has 0 spiro atoms. The summed E-state index contributed by atoms with van der Waals surface area (Å²) in [4.78, 5) is 2.77. The van der Waals surface area contributed by atoms with Gasteiger partial charge in [-0.3, -0.25) is 0 Å². The molecule has 0 aliphatic heterocycles. The summed E-state index contributed by atoms with van der Waals surface area (Å²) >= 11 is 7.46. The van der Waals surface area contributed by atoms with Gasteiger partial charge in [0.2, 0.25) is 5.96 Å². The molecule has 0 saturated carbocycles. The number of anilines is 1.